The minimum absolute atomic E-state index is 0.153. The van der Waals surface area contributed by atoms with Gasteiger partial charge >= 0.3 is 11.9 Å². The molecule has 16 heavy (non-hydrogen) atoms. The lowest BCUT2D eigenvalue weighted by Gasteiger charge is -2.18. The Bertz CT molecular complexity index is 304. The van der Waals surface area contributed by atoms with Crippen LogP contribution in [-0.2, 0) is 14.4 Å². The fourth-order valence-corrected chi connectivity index (χ4v) is 0.912. The average Bonchev–Trinajstić information content (AvgIpc) is 2.15. The van der Waals surface area contributed by atoms with Crippen molar-refractivity contribution in [1.82, 2.24) is 10.2 Å². The van der Waals surface area contributed by atoms with Crippen LogP contribution in [0.15, 0.2) is 0 Å². The molecule has 0 unspecified atom stereocenters. The molecule has 0 aliphatic carbocycles. The van der Waals surface area contributed by atoms with E-state index in [1.165, 1.54) is 0 Å². The third-order valence-corrected chi connectivity index (χ3v) is 1.51. The fraction of sp³-hybridized carbons (Fsp3) is 0.444. The molecule has 0 fully saturated rings. The van der Waals surface area contributed by atoms with Crippen LogP contribution in [-0.4, -0.2) is 59.1 Å². The Morgan fingerprint density at radius 3 is 2.06 bits per heavy atom. The molecule has 7 heteroatoms. The predicted octanol–water partition coefficient (Wildman–Crippen LogP) is -1.79. The molecular formula is C9H12N2O5. The van der Waals surface area contributed by atoms with E-state index in [2.05, 4.69) is 11.2 Å². The number of nitrogens with one attached hydrogen (secondary N) is 1. The lowest BCUT2D eigenvalue weighted by Crippen LogP contribution is -2.43. The Morgan fingerprint density at radius 2 is 1.69 bits per heavy atom. The molecule has 0 aromatic heterocycles. The summed E-state index contributed by atoms with van der Waals surface area (Å²) in [7, 11) is 0. The number of aliphatic carboxylic acids is 2. The topological polar surface area (TPSA) is 107 Å². The van der Waals surface area contributed by atoms with E-state index in [1.54, 1.807) is 0 Å². The molecule has 0 saturated heterocycles. The number of carboxylic acid groups (broad SMARTS) is 2. The molecule has 88 valence electrons. The molecule has 0 aliphatic rings. The molecule has 0 saturated carbocycles. The number of rotatable bonds is 7. The molecule has 0 rings (SSSR count). The monoisotopic (exact) mass is 228 g/mol. The molecule has 0 heterocycles. The SMILES string of the molecule is C#CCNCC(=O)N(CC(=O)O)CC(=O)O. The fourth-order valence-electron chi connectivity index (χ4n) is 0.912. The highest BCUT2D eigenvalue weighted by atomic mass is 16.4. The van der Waals surface area contributed by atoms with Crippen LogP contribution in [0.2, 0.25) is 0 Å². The summed E-state index contributed by atoms with van der Waals surface area (Å²) in [5.74, 6) is -0.939. The van der Waals surface area contributed by atoms with Crippen molar-refractivity contribution in [2.24, 2.45) is 0 Å². The van der Waals surface area contributed by atoms with Gasteiger partial charge in [0.15, 0.2) is 0 Å². The Morgan fingerprint density at radius 1 is 1.19 bits per heavy atom. The van der Waals surface area contributed by atoms with Crippen molar-refractivity contribution in [3.63, 3.8) is 0 Å². The number of nitrogens with zero attached hydrogens (tertiary/aromatic N) is 1. The van der Waals surface area contributed by atoms with Crippen LogP contribution in [0.1, 0.15) is 0 Å². The van der Waals surface area contributed by atoms with Crippen molar-refractivity contribution in [1.29, 1.82) is 0 Å². The Balaban J connectivity index is 4.26. The first kappa shape index (κ1) is 13.9. The molecule has 0 aromatic carbocycles. The Hall–Kier alpha value is -2.07. The van der Waals surface area contributed by atoms with Crippen LogP contribution < -0.4 is 5.32 Å². The third kappa shape index (κ3) is 6.39. The first-order valence-electron chi connectivity index (χ1n) is 4.33. The van der Waals surface area contributed by atoms with E-state index < -0.39 is 30.9 Å². The third-order valence-electron chi connectivity index (χ3n) is 1.51. The standard InChI is InChI=1S/C9H12N2O5/c1-2-3-10-4-7(12)11(5-8(13)14)6-9(15)16/h1,10H,3-6H2,(H,13,14)(H,15,16). The van der Waals surface area contributed by atoms with Gasteiger partial charge in [0, 0.05) is 0 Å². The van der Waals surface area contributed by atoms with E-state index >= 15 is 0 Å². The van der Waals surface area contributed by atoms with E-state index in [-0.39, 0.29) is 13.1 Å². The summed E-state index contributed by atoms with van der Waals surface area (Å²) in [5, 5.41) is 19.5. The predicted molar refractivity (Wildman–Crippen MR) is 53.6 cm³/mol. The van der Waals surface area contributed by atoms with Gasteiger partial charge in [0.1, 0.15) is 13.1 Å². The molecular weight excluding hydrogens is 216 g/mol. The quantitative estimate of drug-likeness (QED) is 0.351. The zero-order valence-corrected chi connectivity index (χ0v) is 8.47. The summed E-state index contributed by atoms with van der Waals surface area (Å²) >= 11 is 0. The largest absolute Gasteiger partial charge is 0.480 e. The summed E-state index contributed by atoms with van der Waals surface area (Å²) in [4.78, 5) is 32.8. The number of carbonyl (C=O) groups is 3. The molecule has 1 amide bonds. The van der Waals surface area contributed by atoms with Crippen LogP contribution in [0.3, 0.4) is 0 Å². The summed E-state index contributed by atoms with van der Waals surface area (Å²) in [6.07, 6.45) is 4.93. The van der Waals surface area contributed by atoms with E-state index in [0.29, 0.717) is 4.90 Å². The van der Waals surface area contributed by atoms with Crippen molar-refractivity contribution < 1.29 is 24.6 Å². The van der Waals surface area contributed by atoms with E-state index in [1.807, 2.05) is 0 Å². The molecule has 0 bridgehead atoms. The lowest BCUT2D eigenvalue weighted by atomic mass is 10.4. The summed E-state index contributed by atoms with van der Waals surface area (Å²) in [5.41, 5.74) is 0. The minimum atomic E-state index is -1.27. The molecule has 0 radical (unpaired) electrons. The van der Waals surface area contributed by atoms with E-state index in [4.69, 9.17) is 16.6 Å². The van der Waals surface area contributed by atoms with Crippen molar-refractivity contribution in [2.45, 2.75) is 0 Å². The molecule has 0 spiro atoms. The number of amides is 1. The van der Waals surface area contributed by atoms with Gasteiger partial charge < -0.3 is 15.1 Å². The number of hydrogen-bond donors (Lipinski definition) is 3. The first-order valence-corrected chi connectivity index (χ1v) is 4.33. The van der Waals surface area contributed by atoms with Gasteiger partial charge in [-0.05, 0) is 0 Å². The van der Waals surface area contributed by atoms with Crippen molar-refractivity contribution in [3.8, 4) is 12.3 Å². The highest BCUT2D eigenvalue weighted by Gasteiger charge is 2.18. The molecule has 7 nitrogen and oxygen atoms in total. The maximum atomic E-state index is 11.4. The van der Waals surface area contributed by atoms with Gasteiger partial charge in [-0.3, -0.25) is 19.7 Å². The second kappa shape index (κ2) is 7.25. The van der Waals surface area contributed by atoms with Gasteiger partial charge in [-0.2, -0.15) is 0 Å². The van der Waals surface area contributed by atoms with Gasteiger partial charge in [0.25, 0.3) is 0 Å². The van der Waals surface area contributed by atoms with Gasteiger partial charge in [-0.25, -0.2) is 0 Å². The average molecular weight is 228 g/mol. The lowest BCUT2D eigenvalue weighted by molar-refractivity contribution is -0.148. The van der Waals surface area contributed by atoms with E-state index in [0.717, 1.165) is 0 Å². The summed E-state index contributed by atoms with van der Waals surface area (Å²) in [6.45, 7) is -1.34. The van der Waals surface area contributed by atoms with Gasteiger partial charge in [0.05, 0.1) is 13.1 Å². The highest BCUT2D eigenvalue weighted by Crippen LogP contribution is 1.89. The molecule has 0 atom stereocenters. The first-order chi connectivity index (χ1) is 7.47. The maximum absolute atomic E-state index is 11.4. The van der Waals surface area contributed by atoms with Crippen LogP contribution >= 0.6 is 0 Å². The van der Waals surface area contributed by atoms with Crippen LogP contribution in [0.4, 0.5) is 0 Å². The zero-order chi connectivity index (χ0) is 12.6. The van der Waals surface area contributed by atoms with Crippen molar-refractivity contribution in [2.75, 3.05) is 26.2 Å². The number of hydrogen-bond acceptors (Lipinski definition) is 4. The van der Waals surface area contributed by atoms with Gasteiger partial charge in [0.2, 0.25) is 5.91 Å². The maximum Gasteiger partial charge on any atom is 0.323 e. The van der Waals surface area contributed by atoms with Crippen molar-refractivity contribution >= 4 is 17.8 Å². The zero-order valence-electron chi connectivity index (χ0n) is 8.47. The highest BCUT2D eigenvalue weighted by molar-refractivity contribution is 5.86. The smallest absolute Gasteiger partial charge is 0.323 e. The van der Waals surface area contributed by atoms with Gasteiger partial charge in [-0.1, -0.05) is 5.92 Å². The van der Waals surface area contributed by atoms with Crippen LogP contribution in [0.5, 0.6) is 0 Å². The number of terminal acetylenes is 1. The summed E-state index contributed by atoms with van der Waals surface area (Å²) in [6, 6.07) is 0. The Kier molecular flexibility index (Phi) is 6.31. The van der Waals surface area contributed by atoms with Crippen LogP contribution in [0.25, 0.3) is 0 Å². The second-order valence-corrected chi connectivity index (χ2v) is 2.84. The number of carbonyl (C=O) groups excluding carboxylic acids is 1. The Labute approximate surface area is 92.0 Å². The number of carboxylic acids is 2. The van der Waals surface area contributed by atoms with Crippen LogP contribution in [0, 0.1) is 12.3 Å². The molecule has 0 aliphatic heterocycles. The van der Waals surface area contributed by atoms with Gasteiger partial charge in [-0.15, -0.1) is 6.42 Å². The molecule has 3 N–H and O–H groups in total. The second-order valence-electron chi connectivity index (χ2n) is 2.84. The molecule has 0 aromatic rings. The normalized spacial score (nSPS) is 9.19. The van der Waals surface area contributed by atoms with E-state index in [9.17, 15) is 14.4 Å². The summed E-state index contributed by atoms with van der Waals surface area (Å²) < 4.78 is 0. The minimum Gasteiger partial charge on any atom is -0.480 e. The van der Waals surface area contributed by atoms with Crippen molar-refractivity contribution in [3.05, 3.63) is 0 Å².